The van der Waals surface area contributed by atoms with Crippen molar-refractivity contribution in [1.82, 2.24) is 14.3 Å². The molecule has 0 bridgehead atoms. The van der Waals surface area contributed by atoms with E-state index in [2.05, 4.69) is 4.98 Å². The van der Waals surface area contributed by atoms with Crippen molar-refractivity contribution in [2.45, 2.75) is 31.7 Å². The molecule has 2 aromatic heterocycles. The zero-order valence-corrected chi connectivity index (χ0v) is 18.6. The Morgan fingerprint density at radius 1 is 1.44 bits per heavy atom. The van der Waals surface area contributed by atoms with Crippen LogP contribution in [0, 0.1) is 22.0 Å². The molecule has 166 valence electrons. The molecule has 0 saturated carbocycles. The summed E-state index contributed by atoms with van der Waals surface area (Å²) in [6.45, 7) is 3.43. The maximum atomic E-state index is 12.5. The number of benzene rings is 1. The van der Waals surface area contributed by atoms with Gasteiger partial charge in [-0.15, -0.1) is 23.1 Å². The fraction of sp³-hybridized carbons (Fsp3) is 0.350. The van der Waals surface area contributed by atoms with Crippen molar-refractivity contribution in [1.29, 1.82) is 0 Å². The molecule has 1 fully saturated rings. The molecule has 1 aromatic carbocycles. The van der Waals surface area contributed by atoms with E-state index >= 15 is 0 Å². The van der Waals surface area contributed by atoms with E-state index < -0.39 is 22.9 Å². The Labute approximate surface area is 189 Å². The molecule has 5 rings (SSSR count). The third kappa shape index (κ3) is 2.86. The van der Waals surface area contributed by atoms with Crippen LogP contribution in [0.5, 0.6) is 0 Å². The van der Waals surface area contributed by atoms with Gasteiger partial charge in [-0.3, -0.25) is 19.3 Å². The third-order valence-electron chi connectivity index (χ3n) is 6.09. The molecular formula is C20H18N4O6S2. The van der Waals surface area contributed by atoms with E-state index in [0.29, 0.717) is 21.1 Å². The number of hydrogen-bond donors (Lipinski definition) is 2. The summed E-state index contributed by atoms with van der Waals surface area (Å²) < 4.78 is 1.91. The van der Waals surface area contributed by atoms with Crippen molar-refractivity contribution in [3.8, 4) is 0 Å². The fourth-order valence-electron chi connectivity index (χ4n) is 4.66. The number of aliphatic carboxylic acids is 1. The molecule has 4 atom stereocenters. The Bertz CT molecular complexity index is 1340. The Balaban J connectivity index is 1.48. The monoisotopic (exact) mass is 474 g/mol. The van der Waals surface area contributed by atoms with Crippen molar-refractivity contribution in [2.24, 2.45) is 11.8 Å². The van der Waals surface area contributed by atoms with Gasteiger partial charge in [0.1, 0.15) is 5.70 Å². The summed E-state index contributed by atoms with van der Waals surface area (Å²) >= 11 is 2.76. The third-order valence-corrected chi connectivity index (χ3v) is 8.28. The normalized spacial score (nSPS) is 23.7. The smallest absolute Gasteiger partial charge is 0.353 e. The van der Waals surface area contributed by atoms with E-state index in [4.69, 9.17) is 0 Å². The number of fused-ring (bicyclic) bond motifs is 4. The molecule has 0 radical (unpaired) electrons. The molecule has 2 N–H and O–H groups in total. The van der Waals surface area contributed by atoms with Gasteiger partial charge in [-0.05, 0) is 13.0 Å². The van der Waals surface area contributed by atoms with Crippen LogP contribution in [0.15, 0.2) is 34.2 Å². The molecule has 0 unspecified atom stereocenters. The fourth-order valence-corrected chi connectivity index (χ4v) is 6.90. The largest absolute Gasteiger partial charge is 0.477 e. The number of nitro benzene ring substituents is 1. The molecule has 0 aliphatic carbocycles. The number of aliphatic hydroxyl groups excluding tert-OH is 1. The van der Waals surface area contributed by atoms with Crippen molar-refractivity contribution < 1.29 is 24.7 Å². The van der Waals surface area contributed by atoms with Crippen molar-refractivity contribution in [3.05, 3.63) is 50.0 Å². The summed E-state index contributed by atoms with van der Waals surface area (Å²) in [4.78, 5) is 42.1. The minimum atomic E-state index is -1.16. The van der Waals surface area contributed by atoms with Crippen molar-refractivity contribution in [2.75, 3.05) is 0 Å². The van der Waals surface area contributed by atoms with E-state index in [0.717, 1.165) is 11.2 Å². The van der Waals surface area contributed by atoms with Gasteiger partial charge in [-0.25, -0.2) is 9.78 Å². The van der Waals surface area contributed by atoms with Crippen LogP contribution in [0.1, 0.15) is 19.5 Å². The number of nitrogens with zero attached hydrogens (tertiary/aromatic N) is 4. The zero-order chi connectivity index (χ0) is 22.9. The van der Waals surface area contributed by atoms with Gasteiger partial charge in [0.05, 0.1) is 34.0 Å². The van der Waals surface area contributed by atoms with Gasteiger partial charge in [-0.2, -0.15) is 0 Å². The number of carbonyl (C=O) groups is 2. The summed E-state index contributed by atoms with van der Waals surface area (Å²) in [6.07, 6.45) is -0.844. The van der Waals surface area contributed by atoms with Gasteiger partial charge in [0, 0.05) is 39.8 Å². The van der Waals surface area contributed by atoms with E-state index in [9.17, 15) is 29.9 Å². The molecule has 1 saturated heterocycles. The number of rotatable bonds is 6. The molecule has 2 aliphatic heterocycles. The summed E-state index contributed by atoms with van der Waals surface area (Å²) in [6, 6.07) is 4.17. The number of aromatic nitrogens is 2. The Morgan fingerprint density at radius 3 is 2.84 bits per heavy atom. The highest BCUT2D eigenvalue weighted by Gasteiger charge is 2.59. The minimum Gasteiger partial charge on any atom is -0.477 e. The lowest BCUT2D eigenvalue weighted by atomic mass is 9.79. The second-order valence-corrected chi connectivity index (χ2v) is 9.80. The number of carboxylic acid groups (broad SMARTS) is 1. The first kappa shape index (κ1) is 20.9. The Kier molecular flexibility index (Phi) is 4.76. The van der Waals surface area contributed by atoms with Crippen LogP contribution in [0.2, 0.25) is 0 Å². The molecule has 32 heavy (non-hydrogen) atoms. The highest BCUT2D eigenvalue weighted by molar-refractivity contribution is 8.02. The van der Waals surface area contributed by atoms with Crippen molar-refractivity contribution >= 4 is 56.7 Å². The number of β-lactam (4-membered cyclic amide) rings is 1. The van der Waals surface area contributed by atoms with Crippen LogP contribution in [-0.4, -0.2) is 53.4 Å². The molecule has 0 spiro atoms. The van der Waals surface area contributed by atoms with Gasteiger partial charge in [0.25, 0.3) is 5.69 Å². The van der Waals surface area contributed by atoms with Crippen LogP contribution in [-0.2, 0) is 15.3 Å². The highest BCUT2D eigenvalue weighted by atomic mass is 32.2. The lowest BCUT2D eigenvalue weighted by Gasteiger charge is -2.46. The van der Waals surface area contributed by atoms with Gasteiger partial charge in [-0.1, -0.05) is 6.92 Å². The summed E-state index contributed by atoms with van der Waals surface area (Å²) in [7, 11) is 0. The van der Waals surface area contributed by atoms with Gasteiger partial charge < -0.3 is 15.1 Å². The number of aliphatic hydroxyl groups is 1. The zero-order valence-electron chi connectivity index (χ0n) is 17.0. The van der Waals surface area contributed by atoms with Crippen LogP contribution < -0.4 is 0 Å². The van der Waals surface area contributed by atoms with Crippen LogP contribution in [0.4, 0.5) is 5.69 Å². The first-order valence-electron chi connectivity index (χ1n) is 9.85. The molecule has 12 heteroatoms. The number of non-ortho nitro benzene ring substituents is 1. The van der Waals surface area contributed by atoms with E-state index in [-0.39, 0.29) is 29.3 Å². The summed E-state index contributed by atoms with van der Waals surface area (Å²) in [5.41, 5.74) is 2.10. The number of amides is 1. The summed E-state index contributed by atoms with van der Waals surface area (Å²) in [5, 5.41) is 32.7. The number of hydrogen-bond acceptors (Lipinski definition) is 8. The molecule has 1 amide bonds. The first-order valence-corrected chi connectivity index (χ1v) is 11.7. The average Bonchev–Trinajstić information content (AvgIpc) is 3.35. The predicted molar refractivity (Wildman–Crippen MR) is 118 cm³/mol. The lowest BCUT2D eigenvalue weighted by molar-refractivity contribution is -0.384. The average molecular weight is 475 g/mol. The number of nitro groups is 1. The summed E-state index contributed by atoms with van der Waals surface area (Å²) in [5.74, 6) is -1.88. The molecule has 10 nitrogen and oxygen atoms in total. The minimum absolute atomic E-state index is 0.00742. The number of carbonyl (C=O) groups excluding carboxylic acids is 1. The second-order valence-electron chi connectivity index (χ2n) is 7.95. The standard InChI is InChI=1S/C20H18N4O6S2/c1-8-15-14(9(2)25)18(26)23(15)16(19(27)28)17(8)31-6-11-7-32-20-21-12-5-10(24(29)30)3-4-13(12)22(11)20/h3-5,7-9,14-15,25H,6H2,1-2H3,(H,27,28)/t8-,9-,14-,15-/m1/s1. The van der Waals surface area contributed by atoms with E-state index in [1.165, 1.54) is 40.1 Å². The molecule has 2 aliphatic rings. The Morgan fingerprint density at radius 2 is 2.19 bits per heavy atom. The SMILES string of the molecule is C[C@@H](O)[C@H]1C(=O)N2C(C(=O)O)=C(SCc3csc4nc5cc([N+](=O)[O-])ccc5n34)[C@H](C)[C@H]12. The highest BCUT2D eigenvalue weighted by Crippen LogP contribution is 2.51. The van der Waals surface area contributed by atoms with E-state index in [1.807, 2.05) is 16.7 Å². The number of imidazole rings is 1. The maximum absolute atomic E-state index is 12.5. The number of thioether (sulfide) groups is 1. The van der Waals surface area contributed by atoms with Crippen LogP contribution >= 0.6 is 23.1 Å². The Hall–Kier alpha value is -2.96. The van der Waals surface area contributed by atoms with Gasteiger partial charge in [0.2, 0.25) is 5.91 Å². The topological polar surface area (TPSA) is 138 Å². The maximum Gasteiger partial charge on any atom is 0.353 e. The van der Waals surface area contributed by atoms with Crippen LogP contribution in [0.25, 0.3) is 16.0 Å². The van der Waals surface area contributed by atoms with E-state index in [1.54, 1.807) is 13.0 Å². The van der Waals surface area contributed by atoms with Gasteiger partial charge >= 0.3 is 5.97 Å². The van der Waals surface area contributed by atoms with Crippen molar-refractivity contribution in [3.63, 3.8) is 0 Å². The molecule has 4 heterocycles. The molecule has 3 aromatic rings. The number of thiazole rings is 1. The number of carboxylic acids is 1. The lowest BCUT2D eigenvalue weighted by Crippen LogP contribution is -2.63. The predicted octanol–water partition coefficient (Wildman–Crippen LogP) is 2.84. The second kappa shape index (κ2) is 7.29. The molecular weight excluding hydrogens is 456 g/mol. The first-order chi connectivity index (χ1) is 15.2. The van der Waals surface area contributed by atoms with Crippen LogP contribution in [0.3, 0.4) is 0 Å². The van der Waals surface area contributed by atoms with Gasteiger partial charge in [0.15, 0.2) is 4.96 Å². The quantitative estimate of drug-likeness (QED) is 0.316.